The first-order valence-electron chi connectivity index (χ1n) is 14.4. The van der Waals surface area contributed by atoms with Gasteiger partial charge in [0.1, 0.15) is 12.1 Å². The number of nitriles is 2. The Kier molecular flexibility index (Phi) is 9.45. The molecule has 0 N–H and O–H groups in total. The van der Waals surface area contributed by atoms with Gasteiger partial charge in [-0.25, -0.2) is 19.9 Å². The summed E-state index contributed by atoms with van der Waals surface area (Å²) in [5.41, 5.74) is 5.96. The number of rotatable bonds is 0. The van der Waals surface area contributed by atoms with Crippen LogP contribution >= 0.6 is 11.8 Å². The van der Waals surface area contributed by atoms with Crippen LogP contribution in [0.4, 0.5) is 0 Å². The second-order valence-electron chi connectivity index (χ2n) is 11.9. The Bertz CT molecular complexity index is 1980. The molecule has 0 bridgehead atoms. The molecule has 0 radical (unpaired) electrons. The van der Waals surface area contributed by atoms with E-state index in [-0.39, 0.29) is 22.5 Å². The summed E-state index contributed by atoms with van der Waals surface area (Å²) in [5, 5.41) is 17.4. The molecule has 0 aliphatic carbocycles. The van der Waals surface area contributed by atoms with Crippen LogP contribution in [0.5, 0.6) is 0 Å². The fourth-order valence-corrected chi connectivity index (χ4v) is 8.13. The fourth-order valence-electron chi connectivity index (χ4n) is 4.93. The van der Waals surface area contributed by atoms with Crippen molar-refractivity contribution < 1.29 is 4.21 Å². The van der Waals surface area contributed by atoms with Gasteiger partial charge in [0.2, 0.25) is 11.6 Å². The topological polar surface area (TPSA) is 116 Å². The smallest absolute Gasteiger partial charge is 0.232 e. The standard InChI is InChI=1S/C18H15N3OS.C18H15N3S/c1-18(2)7-8-23(22)16-6-5-13(9-15(16)18)3-4-14-11-20-17(10-19)21-12-14;1-18(2)7-8-22-16-6-5-13(9-15(16)18)3-4-14-11-20-17(10-19)21-12-14/h5-6,9,11-12H,7-8H2,1-2H3;5-6,9,11-12H,7-8H2,1-2H3. The van der Waals surface area contributed by atoms with Crippen LogP contribution in [0.25, 0.3) is 0 Å². The molecule has 1 atom stereocenters. The predicted molar refractivity (Wildman–Crippen MR) is 176 cm³/mol. The maximum atomic E-state index is 12.2. The summed E-state index contributed by atoms with van der Waals surface area (Å²) in [6.07, 6.45) is 8.33. The molecule has 0 spiro atoms. The van der Waals surface area contributed by atoms with Gasteiger partial charge in [-0.2, -0.15) is 10.5 Å². The molecule has 0 amide bonds. The largest absolute Gasteiger partial charge is 0.254 e. The van der Waals surface area contributed by atoms with E-state index in [0.717, 1.165) is 28.0 Å². The van der Waals surface area contributed by atoms with Crippen molar-refractivity contribution in [3.63, 3.8) is 0 Å². The first-order valence-corrected chi connectivity index (χ1v) is 16.7. The van der Waals surface area contributed by atoms with E-state index in [4.69, 9.17) is 10.5 Å². The number of fused-ring (bicyclic) bond motifs is 2. The summed E-state index contributed by atoms with van der Waals surface area (Å²) < 4.78 is 12.2. The van der Waals surface area contributed by atoms with Crippen molar-refractivity contribution in [2.45, 2.75) is 61.2 Å². The van der Waals surface area contributed by atoms with Gasteiger partial charge < -0.3 is 0 Å². The molecule has 0 saturated heterocycles. The van der Waals surface area contributed by atoms with Gasteiger partial charge in [-0.05, 0) is 76.9 Å². The molecule has 2 aliphatic heterocycles. The number of thioether (sulfide) groups is 1. The Morgan fingerprint density at radius 3 is 1.73 bits per heavy atom. The minimum absolute atomic E-state index is 0.0124. The van der Waals surface area contributed by atoms with Crippen molar-refractivity contribution in [2.75, 3.05) is 11.5 Å². The maximum Gasteiger partial charge on any atom is 0.232 e. The van der Waals surface area contributed by atoms with E-state index in [1.165, 1.54) is 35.0 Å². The molecule has 4 heterocycles. The van der Waals surface area contributed by atoms with Gasteiger partial charge in [0.25, 0.3) is 0 Å². The number of aromatic nitrogens is 4. The SMILES string of the molecule is CC1(C)CCS(=O)c2ccc(C#Cc3cnc(C#N)nc3)cc21.CC1(C)CCSc2ccc(C#Cc3cnc(C#N)nc3)cc21. The molecule has 1 unspecified atom stereocenters. The van der Waals surface area contributed by atoms with Crippen molar-refractivity contribution in [3.8, 4) is 35.8 Å². The monoisotopic (exact) mass is 626 g/mol. The van der Waals surface area contributed by atoms with Gasteiger partial charge in [-0.3, -0.25) is 4.21 Å². The van der Waals surface area contributed by atoms with Crippen molar-refractivity contribution in [1.82, 2.24) is 19.9 Å². The zero-order chi connectivity index (χ0) is 32.0. The Hall–Kier alpha value is -4.80. The Labute approximate surface area is 271 Å². The number of hydrogen-bond acceptors (Lipinski definition) is 8. The normalized spacial score (nSPS) is 16.7. The molecule has 0 saturated carbocycles. The highest BCUT2D eigenvalue weighted by Crippen LogP contribution is 2.41. The van der Waals surface area contributed by atoms with Crippen molar-refractivity contribution in [2.24, 2.45) is 0 Å². The predicted octanol–water partition coefficient (Wildman–Crippen LogP) is 6.06. The molecular weight excluding hydrogens is 597 g/mol. The van der Waals surface area contributed by atoms with E-state index < -0.39 is 10.8 Å². The third kappa shape index (κ3) is 7.65. The van der Waals surface area contributed by atoms with E-state index in [1.807, 2.05) is 42.1 Å². The second-order valence-corrected chi connectivity index (χ2v) is 14.6. The van der Waals surface area contributed by atoms with Crippen LogP contribution in [0.2, 0.25) is 0 Å². The second kappa shape index (κ2) is 13.5. The first-order chi connectivity index (χ1) is 21.6. The van der Waals surface area contributed by atoms with E-state index >= 15 is 0 Å². The quantitative estimate of drug-likeness (QED) is 0.216. The van der Waals surface area contributed by atoms with E-state index in [0.29, 0.717) is 16.9 Å². The Balaban J connectivity index is 0.000000178. The summed E-state index contributed by atoms with van der Waals surface area (Å²) in [5.74, 6) is 14.5. The van der Waals surface area contributed by atoms with Crippen molar-refractivity contribution >= 4 is 22.6 Å². The van der Waals surface area contributed by atoms with E-state index in [9.17, 15) is 4.21 Å². The number of nitrogens with zero attached hydrogens (tertiary/aromatic N) is 6. The highest BCUT2D eigenvalue weighted by atomic mass is 32.2. The fraction of sp³-hybridized carbons (Fsp3) is 0.278. The molecular formula is C36H30N6OS2. The lowest BCUT2D eigenvalue weighted by Crippen LogP contribution is -2.27. The highest BCUT2D eigenvalue weighted by molar-refractivity contribution is 7.99. The summed E-state index contributed by atoms with van der Waals surface area (Å²) >= 11 is 1.92. The number of benzene rings is 2. The number of hydrogen-bond donors (Lipinski definition) is 0. The molecule has 4 aromatic rings. The molecule has 45 heavy (non-hydrogen) atoms. The molecule has 2 aliphatic rings. The van der Waals surface area contributed by atoms with E-state index in [1.54, 1.807) is 12.4 Å². The Morgan fingerprint density at radius 1 is 0.689 bits per heavy atom. The van der Waals surface area contributed by atoms with Crippen LogP contribution in [0, 0.1) is 46.3 Å². The van der Waals surface area contributed by atoms with Gasteiger partial charge in [0.05, 0.1) is 21.9 Å². The van der Waals surface area contributed by atoms with Crippen LogP contribution in [0.1, 0.15) is 85.6 Å². The van der Waals surface area contributed by atoms with E-state index in [2.05, 4.69) is 89.5 Å². The van der Waals surface area contributed by atoms with Gasteiger partial charge in [0.15, 0.2) is 0 Å². The van der Waals surface area contributed by atoms with Crippen molar-refractivity contribution in [3.05, 3.63) is 106 Å². The lowest BCUT2D eigenvalue weighted by atomic mass is 9.81. The van der Waals surface area contributed by atoms with Crippen LogP contribution in [-0.2, 0) is 21.6 Å². The summed E-state index contributed by atoms with van der Waals surface area (Å²) in [7, 11) is -0.912. The summed E-state index contributed by atoms with van der Waals surface area (Å²) in [6.45, 7) is 8.93. The molecule has 7 nitrogen and oxygen atoms in total. The molecule has 9 heteroatoms. The van der Waals surface area contributed by atoms with Crippen LogP contribution in [-0.4, -0.2) is 35.7 Å². The van der Waals surface area contributed by atoms with Crippen LogP contribution in [0.3, 0.4) is 0 Å². The minimum atomic E-state index is -0.912. The van der Waals surface area contributed by atoms with Crippen LogP contribution in [0.15, 0.2) is 71.0 Å². The highest BCUT2D eigenvalue weighted by Gasteiger charge is 2.31. The summed E-state index contributed by atoms with van der Waals surface area (Å²) in [6, 6.07) is 16.0. The third-order valence-corrected chi connectivity index (χ3v) is 10.3. The lowest BCUT2D eigenvalue weighted by molar-refractivity contribution is 0.486. The maximum absolute atomic E-state index is 12.2. The molecule has 2 aromatic heterocycles. The molecule has 6 rings (SSSR count). The first kappa shape index (κ1) is 31.6. The molecule has 2 aromatic carbocycles. The third-order valence-electron chi connectivity index (χ3n) is 7.77. The molecule has 222 valence electrons. The average Bonchev–Trinajstić information content (AvgIpc) is 3.05. The van der Waals surface area contributed by atoms with Crippen LogP contribution < -0.4 is 0 Å². The summed E-state index contributed by atoms with van der Waals surface area (Å²) in [4.78, 5) is 17.9. The molecule has 0 fully saturated rings. The minimum Gasteiger partial charge on any atom is -0.254 e. The Morgan fingerprint density at radius 2 is 1.18 bits per heavy atom. The van der Waals surface area contributed by atoms with Crippen molar-refractivity contribution in [1.29, 1.82) is 10.5 Å². The van der Waals surface area contributed by atoms with Gasteiger partial charge >= 0.3 is 0 Å². The van der Waals surface area contributed by atoms with Gasteiger partial charge in [-0.1, -0.05) is 51.4 Å². The van der Waals surface area contributed by atoms with Gasteiger partial charge in [0, 0.05) is 51.5 Å². The zero-order valence-corrected chi connectivity index (χ0v) is 27.1. The lowest BCUT2D eigenvalue weighted by Gasteiger charge is -2.32. The average molecular weight is 627 g/mol. The zero-order valence-electron chi connectivity index (χ0n) is 25.5. The van der Waals surface area contributed by atoms with Gasteiger partial charge in [-0.15, -0.1) is 11.8 Å².